The van der Waals surface area contributed by atoms with E-state index in [-0.39, 0.29) is 36.0 Å². The molecule has 0 saturated carbocycles. The van der Waals surface area contributed by atoms with Crippen LogP contribution in [0.5, 0.6) is 0 Å². The van der Waals surface area contributed by atoms with Crippen molar-refractivity contribution in [2.45, 2.75) is 44.8 Å². The molecule has 3 atom stereocenters. The SMILES string of the molecule is CC(C)C[C@H](NC(=O)c1ccc(N(C)C)cc1)C(=O)N1CCC2C1C(=O)CN2C(=O)c1ccccc1Cl. The van der Waals surface area contributed by atoms with Gasteiger partial charge in [0, 0.05) is 31.9 Å². The normalized spacial score (nSPS) is 19.7. The third kappa shape index (κ3) is 5.49. The molecular weight excluding hydrogens is 492 g/mol. The van der Waals surface area contributed by atoms with Crippen LogP contribution in [0.4, 0.5) is 5.69 Å². The molecule has 8 nitrogen and oxygen atoms in total. The molecule has 0 aliphatic carbocycles. The molecule has 2 unspecified atom stereocenters. The minimum Gasteiger partial charge on any atom is -0.378 e. The number of rotatable bonds is 7. The molecule has 2 aliphatic heterocycles. The van der Waals surface area contributed by atoms with E-state index in [2.05, 4.69) is 5.32 Å². The summed E-state index contributed by atoms with van der Waals surface area (Å²) in [5.74, 6) is -0.978. The second-order valence-electron chi connectivity index (χ2n) is 10.3. The van der Waals surface area contributed by atoms with E-state index >= 15 is 0 Å². The zero-order chi connectivity index (χ0) is 26.9. The van der Waals surface area contributed by atoms with E-state index in [0.29, 0.717) is 35.5 Å². The maximum Gasteiger partial charge on any atom is 0.256 e. The van der Waals surface area contributed by atoms with E-state index in [1.54, 1.807) is 41.3 Å². The minimum atomic E-state index is -0.777. The quantitative estimate of drug-likeness (QED) is 0.600. The van der Waals surface area contributed by atoms with Crippen molar-refractivity contribution in [3.63, 3.8) is 0 Å². The molecule has 0 spiro atoms. The Morgan fingerprint density at radius 2 is 1.73 bits per heavy atom. The Kier molecular flexibility index (Phi) is 7.87. The number of anilines is 1. The van der Waals surface area contributed by atoms with Crippen molar-refractivity contribution >= 4 is 40.8 Å². The molecule has 1 N–H and O–H groups in total. The first-order valence-electron chi connectivity index (χ1n) is 12.6. The number of hydrogen-bond acceptors (Lipinski definition) is 5. The average molecular weight is 525 g/mol. The fourth-order valence-corrected chi connectivity index (χ4v) is 5.39. The molecule has 2 fully saturated rings. The van der Waals surface area contributed by atoms with Crippen molar-refractivity contribution in [3.05, 3.63) is 64.7 Å². The summed E-state index contributed by atoms with van der Waals surface area (Å²) >= 11 is 6.23. The standard InChI is InChI=1S/C28H33ClN4O4/c1-17(2)15-22(30-26(35)18-9-11-19(12-10-18)31(3)4)28(37)32-14-13-23-25(32)24(34)16-33(23)27(36)20-7-5-6-8-21(20)29/h5-12,17,22-23,25H,13-16H2,1-4H3,(H,30,35)/t22-,23?,25?/m0/s1. The van der Waals surface area contributed by atoms with Gasteiger partial charge in [0.05, 0.1) is 23.2 Å². The van der Waals surface area contributed by atoms with Crippen LogP contribution in [0.15, 0.2) is 48.5 Å². The number of benzene rings is 2. The van der Waals surface area contributed by atoms with Crippen LogP contribution >= 0.6 is 11.6 Å². The molecule has 2 heterocycles. The molecule has 0 radical (unpaired) electrons. The van der Waals surface area contributed by atoms with Gasteiger partial charge >= 0.3 is 0 Å². The Bertz CT molecular complexity index is 1200. The van der Waals surface area contributed by atoms with Crippen LogP contribution in [-0.2, 0) is 9.59 Å². The van der Waals surface area contributed by atoms with Gasteiger partial charge in [-0.3, -0.25) is 19.2 Å². The highest BCUT2D eigenvalue weighted by atomic mass is 35.5. The molecule has 2 aromatic carbocycles. The minimum absolute atomic E-state index is 0.0669. The van der Waals surface area contributed by atoms with Gasteiger partial charge in [0.1, 0.15) is 12.1 Å². The number of amides is 3. The topological polar surface area (TPSA) is 90.0 Å². The molecule has 4 rings (SSSR count). The van der Waals surface area contributed by atoms with Gasteiger partial charge in [0.15, 0.2) is 5.78 Å². The monoisotopic (exact) mass is 524 g/mol. The lowest BCUT2D eigenvalue weighted by atomic mass is 10.0. The molecule has 2 saturated heterocycles. The number of ketones is 1. The van der Waals surface area contributed by atoms with Crippen LogP contribution in [0.25, 0.3) is 0 Å². The van der Waals surface area contributed by atoms with Crippen molar-refractivity contribution in [1.82, 2.24) is 15.1 Å². The van der Waals surface area contributed by atoms with Gasteiger partial charge < -0.3 is 20.0 Å². The van der Waals surface area contributed by atoms with Crippen molar-refractivity contribution < 1.29 is 19.2 Å². The number of fused-ring (bicyclic) bond motifs is 1. The highest BCUT2D eigenvalue weighted by Crippen LogP contribution is 2.32. The van der Waals surface area contributed by atoms with Gasteiger partial charge in [-0.25, -0.2) is 0 Å². The molecule has 0 aromatic heterocycles. The maximum atomic E-state index is 13.7. The smallest absolute Gasteiger partial charge is 0.256 e. The van der Waals surface area contributed by atoms with E-state index < -0.39 is 18.1 Å². The lowest BCUT2D eigenvalue weighted by Crippen LogP contribution is -2.53. The number of nitrogens with one attached hydrogen (secondary N) is 1. The van der Waals surface area contributed by atoms with Crippen LogP contribution in [0.2, 0.25) is 5.02 Å². The Balaban J connectivity index is 1.51. The predicted molar refractivity (Wildman–Crippen MR) is 143 cm³/mol. The summed E-state index contributed by atoms with van der Waals surface area (Å²) in [5, 5.41) is 3.23. The van der Waals surface area contributed by atoms with Crippen molar-refractivity contribution in [2.75, 3.05) is 32.1 Å². The largest absolute Gasteiger partial charge is 0.378 e. The predicted octanol–water partition coefficient (Wildman–Crippen LogP) is 3.25. The van der Waals surface area contributed by atoms with Gasteiger partial charge in [-0.15, -0.1) is 0 Å². The van der Waals surface area contributed by atoms with E-state index in [0.717, 1.165) is 5.69 Å². The highest BCUT2D eigenvalue weighted by molar-refractivity contribution is 6.33. The summed E-state index contributed by atoms with van der Waals surface area (Å²) in [6, 6.07) is 12.0. The van der Waals surface area contributed by atoms with Crippen LogP contribution in [0, 0.1) is 5.92 Å². The molecule has 3 amide bonds. The first-order valence-corrected chi connectivity index (χ1v) is 12.9. The third-order valence-corrected chi connectivity index (χ3v) is 7.36. The summed E-state index contributed by atoms with van der Waals surface area (Å²) in [7, 11) is 3.84. The van der Waals surface area contributed by atoms with E-state index in [1.165, 1.54) is 4.90 Å². The zero-order valence-electron chi connectivity index (χ0n) is 21.6. The first-order chi connectivity index (χ1) is 17.6. The van der Waals surface area contributed by atoms with Crippen LogP contribution < -0.4 is 10.2 Å². The number of nitrogens with zero attached hydrogens (tertiary/aromatic N) is 3. The van der Waals surface area contributed by atoms with Gasteiger partial charge in [-0.05, 0) is 55.2 Å². The van der Waals surface area contributed by atoms with E-state index in [1.807, 2.05) is 45.0 Å². The Morgan fingerprint density at radius 1 is 1.05 bits per heavy atom. The first kappa shape index (κ1) is 26.7. The number of likely N-dealkylation sites (tertiary alicyclic amines) is 2. The number of carbonyl (C=O) groups excluding carboxylic acids is 4. The number of halogens is 1. The molecular formula is C28H33ClN4O4. The third-order valence-electron chi connectivity index (χ3n) is 7.03. The molecule has 196 valence electrons. The number of carbonyl (C=O) groups is 4. The fourth-order valence-electron chi connectivity index (χ4n) is 5.17. The van der Waals surface area contributed by atoms with E-state index in [4.69, 9.17) is 11.6 Å². The van der Waals surface area contributed by atoms with Crippen LogP contribution in [0.1, 0.15) is 47.4 Å². The van der Waals surface area contributed by atoms with Crippen LogP contribution in [0.3, 0.4) is 0 Å². The zero-order valence-corrected chi connectivity index (χ0v) is 22.4. The summed E-state index contributed by atoms with van der Waals surface area (Å²) < 4.78 is 0. The second-order valence-corrected chi connectivity index (χ2v) is 10.7. The molecule has 2 aliphatic rings. The molecule has 2 aromatic rings. The van der Waals surface area contributed by atoms with Gasteiger partial charge in [-0.2, -0.15) is 0 Å². The molecule has 9 heteroatoms. The van der Waals surface area contributed by atoms with Gasteiger partial charge in [-0.1, -0.05) is 37.6 Å². The Morgan fingerprint density at radius 3 is 2.35 bits per heavy atom. The number of Topliss-reactive ketones (excluding diaryl/α,β-unsaturated/α-hetero) is 1. The molecule has 37 heavy (non-hydrogen) atoms. The van der Waals surface area contributed by atoms with Gasteiger partial charge in [0.2, 0.25) is 5.91 Å². The van der Waals surface area contributed by atoms with E-state index in [9.17, 15) is 19.2 Å². The van der Waals surface area contributed by atoms with Crippen molar-refractivity contribution in [2.24, 2.45) is 5.92 Å². The summed E-state index contributed by atoms with van der Waals surface area (Å²) in [5.41, 5.74) is 1.76. The maximum absolute atomic E-state index is 13.7. The summed E-state index contributed by atoms with van der Waals surface area (Å²) in [6.07, 6.45) is 0.928. The highest BCUT2D eigenvalue weighted by Gasteiger charge is 2.52. The van der Waals surface area contributed by atoms with Gasteiger partial charge in [0.25, 0.3) is 11.8 Å². The molecule has 0 bridgehead atoms. The summed E-state index contributed by atoms with van der Waals surface area (Å²) in [6.45, 7) is 4.24. The van der Waals surface area contributed by atoms with Crippen LogP contribution in [-0.4, -0.2) is 78.6 Å². The Hall–Kier alpha value is -3.39. The van der Waals surface area contributed by atoms with Crippen molar-refractivity contribution in [3.8, 4) is 0 Å². The fraction of sp³-hybridized carbons (Fsp3) is 0.429. The summed E-state index contributed by atoms with van der Waals surface area (Å²) in [4.78, 5) is 58.0. The lowest BCUT2D eigenvalue weighted by molar-refractivity contribution is -0.138. The lowest BCUT2D eigenvalue weighted by Gasteiger charge is -2.29. The second kappa shape index (κ2) is 10.9. The average Bonchev–Trinajstić information content (AvgIpc) is 3.44. The van der Waals surface area contributed by atoms with Crippen molar-refractivity contribution in [1.29, 1.82) is 0 Å². The number of hydrogen-bond donors (Lipinski definition) is 1. The Labute approximate surface area is 222 Å².